The minimum Gasteiger partial charge on any atom is -0.468 e. The molecule has 0 bridgehead atoms. The van der Waals surface area contributed by atoms with Crippen LogP contribution in [0.3, 0.4) is 0 Å². The Morgan fingerprint density at radius 2 is 1.52 bits per heavy atom. The number of piperidine rings is 1. The number of ether oxygens (including phenoxy) is 1. The van der Waals surface area contributed by atoms with Crippen LogP contribution in [0.2, 0.25) is 0 Å². The first-order valence-corrected chi connectivity index (χ1v) is 10.8. The lowest BCUT2D eigenvalue weighted by molar-refractivity contribution is -0.715. The van der Waals surface area contributed by atoms with Gasteiger partial charge in [0.1, 0.15) is 0 Å². The van der Waals surface area contributed by atoms with Crippen molar-refractivity contribution < 1.29 is 18.9 Å². The van der Waals surface area contributed by atoms with Gasteiger partial charge in [-0.05, 0) is 25.0 Å². The summed E-state index contributed by atoms with van der Waals surface area (Å²) in [5.74, 6) is -1.73. The Morgan fingerprint density at radius 3 is 2.03 bits per heavy atom. The fourth-order valence-corrected chi connectivity index (χ4v) is 4.74. The molecule has 6 heteroatoms. The monoisotopic (exact) mass is 440 g/mol. The van der Waals surface area contributed by atoms with E-state index in [-0.39, 0.29) is 5.91 Å². The molecule has 1 fully saturated rings. The lowest BCUT2D eigenvalue weighted by Crippen LogP contribution is -2.64. The van der Waals surface area contributed by atoms with Crippen molar-refractivity contribution in [3.05, 3.63) is 101 Å². The number of methoxy groups -OCH3 is 1. The standard InChI is InChI=1S/C27H25N3O3/c1-18-7-11-20(12-8-18)22-23(30-15-5-4-6-16-30)25(31)29-24(21-13-9-19(2)10-14-21)27(22,17-28)26(32)33-3/h4-16,22-24H,1-3H3/p+1. The zero-order chi connectivity index (χ0) is 23.6. The fourth-order valence-electron chi connectivity index (χ4n) is 4.74. The Morgan fingerprint density at radius 1 is 0.970 bits per heavy atom. The number of nitriles is 1. The highest BCUT2D eigenvalue weighted by molar-refractivity contribution is 5.90. The van der Waals surface area contributed by atoms with Crippen LogP contribution in [0.5, 0.6) is 0 Å². The van der Waals surface area contributed by atoms with Gasteiger partial charge in [-0.2, -0.15) is 9.83 Å². The third-order valence-electron chi connectivity index (χ3n) is 6.43. The van der Waals surface area contributed by atoms with Crippen molar-refractivity contribution in [2.75, 3.05) is 7.11 Å². The maximum absolute atomic E-state index is 13.6. The van der Waals surface area contributed by atoms with E-state index in [1.54, 1.807) is 17.0 Å². The maximum Gasteiger partial charge on any atom is 0.329 e. The van der Waals surface area contributed by atoms with Crippen molar-refractivity contribution in [3.63, 3.8) is 0 Å². The van der Waals surface area contributed by atoms with Crippen molar-refractivity contribution in [3.8, 4) is 6.07 Å². The van der Waals surface area contributed by atoms with E-state index in [2.05, 4.69) is 11.4 Å². The normalized spacial score (nSPS) is 24.4. The van der Waals surface area contributed by atoms with Crippen LogP contribution in [0.15, 0.2) is 79.1 Å². The number of nitrogens with zero attached hydrogens (tertiary/aromatic N) is 2. The van der Waals surface area contributed by atoms with Gasteiger partial charge in [0.25, 0.3) is 5.91 Å². The predicted octanol–water partition coefficient (Wildman–Crippen LogP) is 3.47. The second-order valence-electron chi connectivity index (χ2n) is 8.48. The second kappa shape index (κ2) is 8.87. The van der Waals surface area contributed by atoms with E-state index in [4.69, 9.17) is 4.74 Å². The second-order valence-corrected chi connectivity index (χ2v) is 8.48. The van der Waals surface area contributed by atoms with Gasteiger partial charge in [0.15, 0.2) is 17.8 Å². The first kappa shape index (κ1) is 22.2. The molecule has 1 aliphatic heterocycles. The quantitative estimate of drug-likeness (QED) is 0.497. The Bertz CT molecular complexity index is 1200. The zero-order valence-electron chi connectivity index (χ0n) is 18.9. The lowest BCUT2D eigenvalue weighted by Gasteiger charge is -2.44. The minimum absolute atomic E-state index is 0.267. The highest BCUT2D eigenvalue weighted by atomic mass is 16.5. The number of carbonyl (C=O) groups excluding carboxylic acids is 2. The third kappa shape index (κ3) is 3.76. The van der Waals surface area contributed by atoms with Crippen LogP contribution in [0.25, 0.3) is 0 Å². The van der Waals surface area contributed by atoms with E-state index in [1.807, 2.05) is 80.6 Å². The summed E-state index contributed by atoms with van der Waals surface area (Å²) in [6, 6.07) is 21.2. The lowest BCUT2D eigenvalue weighted by atomic mass is 9.61. The number of nitrogens with one attached hydrogen (secondary N) is 1. The van der Waals surface area contributed by atoms with Crippen LogP contribution in [-0.2, 0) is 14.3 Å². The molecule has 1 N–H and O–H groups in total. The van der Waals surface area contributed by atoms with Gasteiger partial charge in [-0.1, -0.05) is 65.7 Å². The highest BCUT2D eigenvalue weighted by Gasteiger charge is 2.65. The van der Waals surface area contributed by atoms with Crippen LogP contribution in [0.4, 0.5) is 0 Å². The molecule has 1 aromatic heterocycles. The van der Waals surface area contributed by atoms with E-state index in [9.17, 15) is 14.9 Å². The molecule has 33 heavy (non-hydrogen) atoms. The topological polar surface area (TPSA) is 83.1 Å². The van der Waals surface area contributed by atoms with Gasteiger partial charge in [-0.3, -0.25) is 9.59 Å². The number of hydrogen-bond donors (Lipinski definition) is 1. The largest absolute Gasteiger partial charge is 0.468 e. The summed E-state index contributed by atoms with van der Waals surface area (Å²) in [6.07, 6.45) is 3.55. The Balaban J connectivity index is 2.01. The summed E-state index contributed by atoms with van der Waals surface area (Å²) < 4.78 is 6.98. The third-order valence-corrected chi connectivity index (χ3v) is 6.43. The summed E-state index contributed by atoms with van der Waals surface area (Å²) in [6.45, 7) is 3.92. The number of hydrogen-bond acceptors (Lipinski definition) is 4. The molecule has 0 spiro atoms. The highest BCUT2D eigenvalue weighted by Crippen LogP contribution is 2.53. The summed E-state index contributed by atoms with van der Waals surface area (Å²) in [5.41, 5.74) is 1.78. The number of aryl methyl sites for hydroxylation is 2. The van der Waals surface area contributed by atoms with Crippen molar-refractivity contribution in [1.82, 2.24) is 5.32 Å². The van der Waals surface area contributed by atoms with Gasteiger partial charge in [0, 0.05) is 12.1 Å². The summed E-state index contributed by atoms with van der Waals surface area (Å²) >= 11 is 0. The van der Waals surface area contributed by atoms with Crippen LogP contribution in [-0.4, -0.2) is 19.0 Å². The number of amides is 1. The molecule has 0 saturated carbocycles. The predicted molar refractivity (Wildman–Crippen MR) is 122 cm³/mol. The van der Waals surface area contributed by atoms with Crippen molar-refractivity contribution in [2.45, 2.75) is 31.8 Å². The molecule has 4 unspecified atom stereocenters. The van der Waals surface area contributed by atoms with Crippen LogP contribution in [0, 0.1) is 30.6 Å². The zero-order valence-corrected chi connectivity index (χ0v) is 18.9. The van der Waals surface area contributed by atoms with E-state index in [1.165, 1.54) is 7.11 Å². The number of carbonyl (C=O) groups is 2. The molecule has 3 aromatic rings. The first-order valence-electron chi connectivity index (χ1n) is 10.8. The molecule has 4 rings (SSSR count). The SMILES string of the molecule is COC(=O)C1(C#N)C(c2ccc(C)cc2)NC(=O)C([n+]2ccccc2)C1c1ccc(C)cc1. The molecule has 1 saturated heterocycles. The van der Waals surface area contributed by atoms with Crippen LogP contribution in [0.1, 0.15) is 40.3 Å². The number of aromatic nitrogens is 1. The van der Waals surface area contributed by atoms with Crippen LogP contribution < -0.4 is 9.88 Å². The number of rotatable bonds is 4. The summed E-state index contributed by atoms with van der Waals surface area (Å²) in [7, 11) is 1.28. The fraction of sp³-hybridized carbons (Fsp3) is 0.259. The maximum atomic E-state index is 13.6. The molecular weight excluding hydrogens is 414 g/mol. The molecule has 4 atom stereocenters. The molecule has 1 amide bonds. The van der Waals surface area contributed by atoms with Crippen molar-refractivity contribution in [1.29, 1.82) is 5.26 Å². The molecule has 1 aliphatic rings. The molecule has 0 radical (unpaired) electrons. The molecule has 6 nitrogen and oxygen atoms in total. The molecular formula is C27H26N3O3+. The molecule has 2 aromatic carbocycles. The van der Waals surface area contributed by atoms with Gasteiger partial charge < -0.3 is 10.1 Å². The van der Waals surface area contributed by atoms with Gasteiger partial charge in [0.05, 0.1) is 25.1 Å². The number of esters is 1. The van der Waals surface area contributed by atoms with Crippen LogP contribution >= 0.6 is 0 Å². The van der Waals surface area contributed by atoms with E-state index in [0.29, 0.717) is 5.56 Å². The Kier molecular flexibility index (Phi) is 5.97. The summed E-state index contributed by atoms with van der Waals surface area (Å²) in [5, 5.41) is 13.6. The van der Waals surface area contributed by atoms with E-state index in [0.717, 1.165) is 16.7 Å². The van der Waals surface area contributed by atoms with Gasteiger partial charge in [0.2, 0.25) is 6.04 Å². The molecule has 2 heterocycles. The molecule has 0 aliphatic carbocycles. The average molecular weight is 441 g/mol. The molecule has 166 valence electrons. The van der Waals surface area contributed by atoms with E-state index < -0.39 is 29.4 Å². The smallest absolute Gasteiger partial charge is 0.329 e. The van der Waals surface area contributed by atoms with Crippen molar-refractivity contribution in [2.24, 2.45) is 5.41 Å². The first-order chi connectivity index (χ1) is 15.9. The summed E-state index contributed by atoms with van der Waals surface area (Å²) in [4.78, 5) is 27.1. The average Bonchev–Trinajstić information content (AvgIpc) is 2.84. The van der Waals surface area contributed by atoms with Crippen molar-refractivity contribution >= 4 is 11.9 Å². The minimum atomic E-state index is -1.69. The van der Waals surface area contributed by atoms with Gasteiger partial charge in [-0.15, -0.1) is 0 Å². The van der Waals surface area contributed by atoms with E-state index >= 15 is 0 Å². The number of benzene rings is 2. The van der Waals surface area contributed by atoms with Gasteiger partial charge >= 0.3 is 5.97 Å². The Labute approximate surface area is 193 Å². The number of pyridine rings is 1. The Hall–Kier alpha value is -3.98. The van der Waals surface area contributed by atoms with Gasteiger partial charge in [-0.25, -0.2) is 0 Å².